The first-order valence-electron chi connectivity index (χ1n) is 12.7. The first-order valence-corrected chi connectivity index (χ1v) is 13.5. The number of hydrogen-bond donors (Lipinski definition) is 0. The number of methoxy groups -OCH3 is 2. The van der Waals surface area contributed by atoms with E-state index in [1.165, 1.54) is 0 Å². The number of carbonyl (C=O) groups is 2. The molecule has 0 radical (unpaired) electrons. The van der Waals surface area contributed by atoms with Gasteiger partial charge in [0.1, 0.15) is 5.70 Å². The number of anilines is 2. The van der Waals surface area contributed by atoms with E-state index < -0.39 is 6.04 Å². The molecule has 198 valence electrons. The number of rotatable bonds is 6. The summed E-state index contributed by atoms with van der Waals surface area (Å²) in [6.07, 6.45) is 1.83. The van der Waals surface area contributed by atoms with E-state index in [1.54, 1.807) is 30.1 Å². The van der Waals surface area contributed by atoms with Crippen molar-refractivity contribution in [3.63, 3.8) is 0 Å². The van der Waals surface area contributed by atoms with E-state index in [0.29, 0.717) is 34.0 Å². The number of nitrogens with zero attached hydrogens (tertiary/aromatic N) is 2. The highest BCUT2D eigenvalue weighted by molar-refractivity contribution is 9.10. The normalized spacial score (nSPS) is 17.6. The summed E-state index contributed by atoms with van der Waals surface area (Å²) in [5.74, 6) is 0.651. The highest BCUT2D eigenvalue weighted by Gasteiger charge is 2.52. The number of halogens is 1. The average Bonchev–Trinajstić information content (AvgIpc) is 3.44. The van der Waals surface area contributed by atoms with Crippen LogP contribution in [0.3, 0.4) is 0 Å². The van der Waals surface area contributed by atoms with Gasteiger partial charge in [-0.15, -0.1) is 0 Å². The van der Waals surface area contributed by atoms with Crippen molar-refractivity contribution in [1.29, 1.82) is 0 Å². The van der Waals surface area contributed by atoms with Gasteiger partial charge in [-0.2, -0.15) is 0 Å². The molecule has 0 saturated carbocycles. The number of carbonyl (C=O) groups excluding carboxylic acids is 2. The number of ether oxygens (including phenoxy) is 2. The maximum Gasteiger partial charge on any atom is 0.276 e. The minimum absolute atomic E-state index is 0.234. The predicted octanol–water partition coefficient (Wildman–Crippen LogP) is 6.94. The maximum absolute atomic E-state index is 14.4. The Bertz CT molecular complexity index is 1660. The number of para-hydroxylation sites is 2. The Balaban J connectivity index is 1.60. The fourth-order valence-corrected chi connectivity index (χ4v) is 5.59. The van der Waals surface area contributed by atoms with Gasteiger partial charge in [0, 0.05) is 27.0 Å². The van der Waals surface area contributed by atoms with Crippen molar-refractivity contribution in [2.24, 2.45) is 0 Å². The van der Waals surface area contributed by atoms with E-state index >= 15 is 0 Å². The third-order valence-corrected chi connectivity index (χ3v) is 7.64. The van der Waals surface area contributed by atoms with Gasteiger partial charge in [-0.1, -0.05) is 70.5 Å². The molecule has 2 heterocycles. The molecule has 0 N–H and O–H groups in total. The van der Waals surface area contributed by atoms with Crippen LogP contribution in [-0.4, -0.2) is 26.0 Å². The lowest BCUT2D eigenvalue weighted by molar-refractivity contribution is -0.118. The van der Waals surface area contributed by atoms with Crippen LogP contribution >= 0.6 is 15.9 Å². The average molecular weight is 593 g/mol. The van der Waals surface area contributed by atoms with E-state index in [9.17, 15) is 9.59 Å². The molecule has 2 aliphatic heterocycles. The first-order chi connectivity index (χ1) is 19.5. The molecule has 4 aromatic rings. The molecular weight excluding hydrogens is 568 g/mol. The van der Waals surface area contributed by atoms with Crippen molar-refractivity contribution in [2.45, 2.75) is 6.04 Å². The topological polar surface area (TPSA) is 59.1 Å². The minimum atomic E-state index is -0.512. The Labute approximate surface area is 240 Å². The van der Waals surface area contributed by atoms with Gasteiger partial charge in [-0.05, 0) is 65.7 Å². The molecule has 7 heteroatoms. The molecule has 40 heavy (non-hydrogen) atoms. The second kappa shape index (κ2) is 10.5. The Morgan fingerprint density at radius 1 is 0.725 bits per heavy atom. The molecule has 0 saturated heterocycles. The first kappa shape index (κ1) is 25.6. The van der Waals surface area contributed by atoms with Gasteiger partial charge >= 0.3 is 0 Å². The molecule has 6 rings (SSSR count). The Kier molecular flexibility index (Phi) is 6.74. The van der Waals surface area contributed by atoms with Crippen molar-refractivity contribution >= 4 is 45.2 Å². The molecular formula is C33H25BrN2O4. The highest BCUT2D eigenvalue weighted by Crippen LogP contribution is 2.50. The van der Waals surface area contributed by atoms with Crippen molar-refractivity contribution in [3.05, 3.63) is 136 Å². The fourth-order valence-electron chi connectivity index (χ4n) is 5.32. The second-order valence-corrected chi connectivity index (χ2v) is 10.3. The molecule has 0 spiro atoms. The van der Waals surface area contributed by atoms with Crippen molar-refractivity contribution < 1.29 is 19.1 Å². The van der Waals surface area contributed by atoms with Gasteiger partial charge < -0.3 is 9.47 Å². The van der Waals surface area contributed by atoms with Crippen LogP contribution in [0.15, 0.2) is 124 Å². The van der Waals surface area contributed by atoms with Crippen LogP contribution in [0.25, 0.3) is 6.08 Å². The fraction of sp³-hybridized carbons (Fsp3) is 0.0909. The van der Waals surface area contributed by atoms with Crippen LogP contribution in [0.2, 0.25) is 0 Å². The largest absolute Gasteiger partial charge is 0.493 e. The standard InChI is InChI=1S/C33H25BrN2O4/c1-39-27-18-13-21(20-28(27)40-2)19-26-29-30(22-14-16-23(34)17-15-22)35(24-9-5-3-6-10-24)33(38)31(29)36(32(26)37)25-11-7-4-8-12-25/h3-20,30H,1-2H3/b26-19-/t30-/m1/s1. The van der Waals surface area contributed by atoms with E-state index in [2.05, 4.69) is 15.9 Å². The molecule has 2 amide bonds. The summed E-state index contributed by atoms with van der Waals surface area (Å²) in [6.45, 7) is 0. The molecule has 0 unspecified atom stereocenters. The van der Waals surface area contributed by atoms with Crippen molar-refractivity contribution in [1.82, 2.24) is 0 Å². The van der Waals surface area contributed by atoms with Gasteiger partial charge in [0.2, 0.25) is 0 Å². The molecule has 4 aromatic carbocycles. The van der Waals surface area contributed by atoms with Crippen LogP contribution in [-0.2, 0) is 9.59 Å². The third-order valence-electron chi connectivity index (χ3n) is 7.11. The van der Waals surface area contributed by atoms with Gasteiger partial charge in [-0.3, -0.25) is 19.4 Å². The van der Waals surface area contributed by atoms with Gasteiger partial charge in [-0.25, -0.2) is 0 Å². The summed E-state index contributed by atoms with van der Waals surface area (Å²) in [5.41, 5.74) is 4.51. The van der Waals surface area contributed by atoms with Crippen LogP contribution < -0.4 is 19.3 Å². The molecule has 0 aliphatic carbocycles. The SMILES string of the molecule is COc1ccc(/C=C2\C(=O)N(c3ccccc3)C3=C2[C@@H](c2ccc(Br)cc2)N(c2ccccc2)C3=O)cc1OC. The molecule has 0 fully saturated rings. The van der Waals surface area contributed by atoms with Crippen LogP contribution in [0, 0.1) is 0 Å². The van der Waals surface area contributed by atoms with Gasteiger partial charge in [0.25, 0.3) is 11.8 Å². The molecule has 0 aromatic heterocycles. The van der Waals surface area contributed by atoms with Crippen LogP contribution in [0.5, 0.6) is 11.5 Å². The summed E-state index contributed by atoms with van der Waals surface area (Å²) in [4.78, 5) is 31.9. The zero-order chi connectivity index (χ0) is 27.8. The lowest BCUT2D eigenvalue weighted by Crippen LogP contribution is -2.38. The highest BCUT2D eigenvalue weighted by atomic mass is 79.9. The Morgan fingerprint density at radius 2 is 1.35 bits per heavy atom. The monoisotopic (exact) mass is 592 g/mol. The van der Waals surface area contributed by atoms with E-state index in [1.807, 2.05) is 103 Å². The van der Waals surface area contributed by atoms with E-state index in [4.69, 9.17) is 9.47 Å². The molecule has 1 atom stereocenters. The zero-order valence-corrected chi connectivity index (χ0v) is 23.5. The van der Waals surface area contributed by atoms with E-state index in [0.717, 1.165) is 21.3 Å². The summed E-state index contributed by atoms with van der Waals surface area (Å²) in [5, 5.41) is 0. The quantitative estimate of drug-likeness (QED) is 0.228. The minimum Gasteiger partial charge on any atom is -0.493 e. The second-order valence-electron chi connectivity index (χ2n) is 9.38. The van der Waals surface area contributed by atoms with Gasteiger partial charge in [0.05, 0.1) is 20.3 Å². The summed E-state index contributed by atoms with van der Waals surface area (Å²) in [6, 6.07) is 31.7. The number of benzene rings is 4. The van der Waals surface area contributed by atoms with Crippen LogP contribution in [0.4, 0.5) is 11.4 Å². The zero-order valence-electron chi connectivity index (χ0n) is 21.9. The van der Waals surface area contributed by atoms with Gasteiger partial charge in [0.15, 0.2) is 11.5 Å². The maximum atomic E-state index is 14.4. The smallest absolute Gasteiger partial charge is 0.276 e. The third kappa shape index (κ3) is 4.28. The van der Waals surface area contributed by atoms with Crippen LogP contribution in [0.1, 0.15) is 17.2 Å². The Hall–Kier alpha value is -4.62. The molecule has 6 nitrogen and oxygen atoms in total. The number of amides is 2. The van der Waals surface area contributed by atoms with Crippen molar-refractivity contribution in [2.75, 3.05) is 24.0 Å². The molecule has 2 aliphatic rings. The lowest BCUT2D eigenvalue weighted by Gasteiger charge is -2.30. The Morgan fingerprint density at radius 3 is 1.98 bits per heavy atom. The summed E-state index contributed by atoms with van der Waals surface area (Å²) in [7, 11) is 3.15. The van der Waals surface area contributed by atoms with E-state index in [-0.39, 0.29) is 11.8 Å². The summed E-state index contributed by atoms with van der Waals surface area (Å²) >= 11 is 3.53. The number of hydrogen-bond acceptors (Lipinski definition) is 4. The summed E-state index contributed by atoms with van der Waals surface area (Å²) < 4.78 is 11.8. The lowest BCUT2D eigenvalue weighted by atomic mass is 9.93. The predicted molar refractivity (Wildman–Crippen MR) is 159 cm³/mol. The van der Waals surface area contributed by atoms with Crippen molar-refractivity contribution in [3.8, 4) is 11.5 Å². The molecule has 0 bridgehead atoms.